The van der Waals surface area contributed by atoms with Crippen LogP contribution in [0.4, 0.5) is 0 Å². The molecule has 2 rings (SSSR count). The average molecular weight is 245 g/mol. The first-order valence-electron chi connectivity index (χ1n) is 5.42. The molecule has 0 bridgehead atoms. The number of rotatable bonds is 3. The van der Waals surface area contributed by atoms with Crippen molar-refractivity contribution in [3.63, 3.8) is 0 Å². The molecule has 86 valence electrons. The van der Waals surface area contributed by atoms with Crippen LogP contribution < -0.4 is 0 Å². The molecule has 0 unspecified atom stereocenters. The fourth-order valence-electron chi connectivity index (χ4n) is 1.54. The lowest BCUT2D eigenvalue weighted by atomic mass is 10.1. The SMILES string of the molecule is O[C@@H](/C=C/c1ccccc1)c1ccc(Cl)cc1. The Bertz CT molecular complexity index is 488. The molecule has 0 spiro atoms. The Kier molecular flexibility index (Phi) is 3.97. The molecule has 0 aromatic heterocycles. The van der Waals surface area contributed by atoms with Gasteiger partial charge in [-0.1, -0.05) is 66.2 Å². The predicted molar refractivity (Wildman–Crippen MR) is 71.9 cm³/mol. The molecule has 2 aromatic carbocycles. The smallest absolute Gasteiger partial charge is 0.0975 e. The third-order valence-corrected chi connectivity index (χ3v) is 2.73. The maximum absolute atomic E-state index is 9.94. The van der Waals surface area contributed by atoms with E-state index in [1.54, 1.807) is 18.2 Å². The Morgan fingerprint density at radius 3 is 2.24 bits per heavy atom. The molecule has 1 N–H and O–H groups in total. The lowest BCUT2D eigenvalue weighted by Gasteiger charge is -2.05. The molecule has 0 fully saturated rings. The fraction of sp³-hybridized carbons (Fsp3) is 0.0667. The zero-order valence-electron chi connectivity index (χ0n) is 9.25. The van der Waals surface area contributed by atoms with Gasteiger partial charge in [0.05, 0.1) is 6.10 Å². The summed E-state index contributed by atoms with van der Waals surface area (Å²) in [5.41, 5.74) is 1.90. The van der Waals surface area contributed by atoms with Gasteiger partial charge in [0.1, 0.15) is 0 Å². The third kappa shape index (κ3) is 3.45. The molecule has 0 aliphatic heterocycles. The van der Waals surface area contributed by atoms with Crippen LogP contribution >= 0.6 is 11.6 Å². The van der Waals surface area contributed by atoms with Crippen LogP contribution in [-0.2, 0) is 0 Å². The minimum absolute atomic E-state index is 0.604. The van der Waals surface area contributed by atoms with Crippen LogP contribution in [-0.4, -0.2) is 5.11 Å². The zero-order chi connectivity index (χ0) is 12.1. The quantitative estimate of drug-likeness (QED) is 0.862. The van der Waals surface area contributed by atoms with Crippen molar-refractivity contribution in [2.45, 2.75) is 6.10 Å². The van der Waals surface area contributed by atoms with E-state index in [0.29, 0.717) is 5.02 Å². The molecule has 0 saturated carbocycles. The highest BCUT2D eigenvalue weighted by atomic mass is 35.5. The topological polar surface area (TPSA) is 20.2 Å². The van der Waals surface area contributed by atoms with Crippen molar-refractivity contribution in [3.05, 3.63) is 76.8 Å². The van der Waals surface area contributed by atoms with Crippen molar-refractivity contribution in [1.82, 2.24) is 0 Å². The highest BCUT2D eigenvalue weighted by Crippen LogP contribution is 2.18. The number of aliphatic hydroxyl groups excluding tert-OH is 1. The second-order valence-electron chi connectivity index (χ2n) is 3.77. The van der Waals surface area contributed by atoms with Crippen molar-refractivity contribution >= 4 is 17.7 Å². The van der Waals surface area contributed by atoms with Gasteiger partial charge in [-0.25, -0.2) is 0 Å². The van der Waals surface area contributed by atoms with Crippen LogP contribution in [0.2, 0.25) is 5.02 Å². The Balaban J connectivity index is 2.09. The van der Waals surface area contributed by atoms with E-state index in [-0.39, 0.29) is 0 Å². The molecule has 0 saturated heterocycles. The maximum atomic E-state index is 9.94. The van der Waals surface area contributed by atoms with Gasteiger partial charge >= 0.3 is 0 Å². The van der Waals surface area contributed by atoms with Crippen molar-refractivity contribution in [2.75, 3.05) is 0 Å². The molecule has 0 aliphatic rings. The minimum atomic E-state index is -0.604. The van der Waals surface area contributed by atoms with E-state index in [1.165, 1.54) is 0 Å². The highest BCUT2D eigenvalue weighted by molar-refractivity contribution is 6.30. The van der Waals surface area contributed by atoms with Crippen molar-refractivity contribution < 1.29 is 5.11 Å². The summed E-state index contributed by atoms with van der Waals surface area (Å²) in [6.07, 6.45) is 3.06. The van der Waals surface area contributed by atoms with Crippen LogP contribution in [0.1, 0.15) is 17.2 Å². The van der Waals surface area contributed by atoms with Gasteiger partial charge in [-0.3, -0.25) is 0 Å². The van der Waals surface area contributed by atoms with Crippen LogP contribution in [0.3, 0.4) is 0 Å². The molecule has 0 heterocycles. The Hall–Kier alpha value is -1.57. The van der Waals surface area contributed by atoms with Crippen molar-refractivity contribution in [1.29, 1.82) is 0 Å². The van der Waals surface area contributed by atoms with Gasteiger partial charge in [0.15, 0.2) is 0 Å². The lowest BCUT2D eigenvalue weighted by molar-refractivity contribution is 0.229. The first-order valence-corrected chi connectivity index (χ1v) is 5.80. The van der Waals surface area contributed by atoms with E-state index >= 15 is 0 Å². The van der Waals surface area contributed by atoms with Gasteiger partial charge in [0.2, 0.25) is 0 Å². The van der Waals surface area contributed by atoms with E-state index in [0.717, 1.165) is 11.1 Å². The van der Waals surface area contributed by atoms with Crippen LogP contribution in [0.25, 0.3) is 6.08 Å². The second kappa shape index (κ2) is 5.67. The summed E-state index contributed by atoms with van der Waals surface area (Å²) in [4.78, 5) is 0. The first kappa shape index (κ1) is 11.9. The Morgan fingerprint density at radius 2 is 1.59 bits per heavy atom. The highest BCUT2D eigenvalue weighted by Gasteiger charge is 2.02. The molecule has 1 atom stereocenters. The van der Waals surface area contributed by atoms with Gasteiger partial charge < -0.3 is 5.11 Å². The largest absolute Gasteiger partial charge is 0.384 e. The number of halogens is 1. The molecule has 0 amide bonds. The first-order chi connectivity index (χ1) is 8.25. The predicted octanol–water partition coefficient (Wildman–Crippen LogP) is 4.09. The normalized spacial score (nSPS) is 12.8. The van der Waals surface area contributed by atoms with Gasteiger partial charge in [-0.2, -0.15) is 0 Å². The zero-order valence-corrected chi connectivity index (χ0v) is 10.0. The molecule has 2 aromatic rings. The van der Waals surface area contributed by atoms with Crippen LogP contribution in [0, 0.1) is 0 Å². The van der Waals surface area contributed by atoms with Crippen LogP contribution in [0.15, 0.2) is 60.7 Å². The fourth-order valence-corrected chi connectivity index (χ4v) is 1.66. The summed E-state index contributed by atoms with van der Waals surface area (Å²) in [5, 5.41) is 10.6. The van der Waals surface area contributed by atoms with Gasteiger partial charge in [0, 0.05) is 5.02 Å². The van der Waals surface area contributed by atoms with E-state index in [1.807, 2.05) is 48.5 Å². The number of hydrogen-bond acceptors (Lipinski definition) is 1. The van der Waals surface area contributed by atoms with Crippen LogP contribution in [0.5, 0.6) is 0 Å². The molecule has 2 heteroatoms. The number of hydrogen-bond donors (Lipinski definition) is 1. The summed E-state index contributed by atoms with van der Waals surface area (Å²) in [5.74, 6) is 0. The third-order valence-electron chi connectivity index (χ3n) is 2.48. The van der Waals surface area contributed by atoms with E-state index in [9.17, 15) is 5.11 Å². The van der Waals surface area contributed by atoms with E-state index in [4.69, 9.17) is 11.6 Å². The molecule has 1 nitrogen and oxygen atoms in total. The Labute approximate surface area is 106 Å². The monoisotopic (exact) mass is 244 g/mol. The summed E-state index contributed by atoms with van der Waals surface area (Å²) in [6, 6.07) is 17.1. The molecule has 0 aliphatic carbocycles. The summed E-state index contributed by atoms with van der Waals surface area (Å²) < 4.78 is 0. The van der Waals surface area contributed by atoms with E-state index in [2.05, 4.69) is 0 Å². The van der Waals surface area contributed by atoms with Crippen molar-refractivity contribution in [3.8, 4) is 0 Å². The minimum Gasteiger partial charge on any atom is -0.384 e. The van der Waals surface area contributed by atoms with E-state index < -0.39 is 6.10 Å². The van der Waals surface area contributed by atoms with Crippen molar-refractivity contribution in [2.24, 2.45) is 0 Å². The molecule has 17 heavy (non-hydrogen) atoms. The summed E-state index contributed by atoms with van der Waals surface area (Å²) >= 11 is 5.79. The standard InChI is InChI=1S/C15H13ClO/c16-14-9-7-13(8-10-14)15(17)11-6-12-4-2-1-3-5-12/h1-11,15,17H/b11-6+/t15-/m0/s1. The van der Waals surface area contributed by atoms with Gasteiger partial charge in [-0.15, -0.1) is 0 Å². The summed E-state index contributed by atoms with van der Waals surface area (Å²) in [6.45, 7) is 0. The van der Waals surface area contributed by atoms with Gasteiger partial charge in [-0.05, 0) is 23.3 Å². The molecule has 0 radical (unpaired) electrons. The Morgan fingerprint density at radius 1 is 0.941 bits per heavy atom. The number of benzene rings is 2. The average Bonchev–Trinajstić information content (AvgIpc) is 2.38. The number of aliphatic hydroxyl groups is 1. The second-order valence-corrected chi connectivity index (χ2v) is 4.20. The maximum Gasteiger partial charge on any atom is 0.0975 e. The molecular formula is C15H13ClO. The summed E-state index contributed by atoms with van der Waals surface area (Å²) in [7, 11) is 0. The lowest BCUT2D eigenvalue weighted by Crippen LogP contribution is -1.91. The molecular weight excluding hydrogens is 232 g/mol. The van der Waals surface area contributed by atoms with Gasteiger partial charge in [0.25, 0.3) is 0 Å².